The van der Waals surface area contributed by atoms with Crippen LogP contribution in [0.3, 0.4) is 0 Å². The van der Waals surface area contributed by atoms with Crippen molar-refractivity contribution in [3.63, 3.8) is 0 Å². The highest BCUT2D eigenvalue weighted by molar-refractivity contribution is 7.15. The van der Waals surface area contributed by atoms with E-state index in [0.29, 0.717) is 16.5 Å². The standard InChI is InChI=1S/C26H36N2O4S/c1-17-6-8-18(9-7-17)24(29)28(20-12-10-19(11-13-20)27-32-5)22-16-21(14-15-26(2,3)4)33-23(22)25(30)31/h16-18,20H,6-13H2,1-5H3,(H,30,31)/t17-,18-,20?. The number of oxime groups is 1. The summed E-state index contributed by atoms with van der Waals surface area (Å²) < 4.78 is 0. The second-order valence-corrected chi connectivity index (χ2v) is 11.4. The van der Waals surface area contributed by atoms with Crippen LogP contribution in [-0.4, -0.2) is 35.8 Å². The van der Waals surface area contributed by atoms with Crippen molar-refractivity contribution in [2.45, 2.75) is 85.1 Å². The predicted molar refractivity (Wildman–Crippen MR) is 133 cm³/mol. The quantitative estimate of drug-likeness (QED) is 0.424. The first kappa shape index (κ1) is 25.3. The van der Waals surface area contributed by atoms with E-state index in [9.17, 15) is 14.7 Å². The highest BCUT2D eigenvalue weighted by Gasteiger charge is 2.37. The maximum atomic E-state index is 13.9. The van der Waals surface area contributed by atoms with Gasteiger partial charge >= 0.3 is 5.97 Å². The van der Waals surface area contributed by atoms with E-state index >= 15 is 0 Å². The Hall–Kier alpha value is -2.33. The Bertz CT molecular complexity index is 945. The van der Waals surface area contributed by atoms with E-state index in [0.717, 1.165) is 68.4 Å². The number of nitrogens with zero attached hydrogens (tertiary/aromatic N) is 2. The van der Waals surface area contributed by atoms with Gasteiger partial charge in [-0.15, -0.1) is 11.3 Å². The Morgan fingerprint density at radius 3 is 2.33 bits per heavy atom. The summed E-state index contributed by atoms with van der Waals surface area (Å²) in [5, 5.41) is 14.1. The molecular formula is C26H36N2O4S. The van der Waals surface area contributed by atoms with E-state index in [1.165, 1.54) is 0 Å². The van der Waals surface area contributed by atoms with Crippen LogP contribution in [0.25, 0.3) is 0 Å². The first-order chi connectivity index (χ1) is 15.6. The van der Waals surface area contributed by atoms with E-state index < -0.39 is 5.97 Å². The van der Waals surface area contributed by atoms with Gasteiger partial charge in [0.2, 0.25) is 5.91 Å². The zero-order valence-corrected chi connectivity index (χ0v) is 21.3. The van der Waals surface area contributed by atoms with Crippen molar-refractivity contribution < 1.29 is 19.5 Å². The third-order valence-electron chi connectivity index (χ3n) is 6.45. The average molecular weight is 473 g/mol. The van der Waals surface area contributed by atoms with Gasteiger partial charge in [-0.25, -0.2) is 4.79 Å². The van der Waals surface area contributed by atoms with Crippen LogP contribution in [-0.2, 0) is 9.63 Å². The SMILES string of the molecule is CON=C1CCC(N(c2cc(C#CC(C)(C)C)sc2C(=O)O)C(=O)[C@H]2CC[C@H](C)CC2)CC1. The molecule has 7 heteroatoms. The van der Waals surface area contributed by atoms with Crippen LogP contribution in [0.4, 0.5) is 5.69 Å². The van der Waals surface area contributed by atoms with Gasteiger partial charge in [-0.05, 0) is 84.1 Å². The Morgan fingerprint density at radius 1 is 1.15 bits per heavy atom. The molecule has 0 radical (unpaired) electrons. The Kier molecular flexibility index (Phi) is 8.23. The summed E-state index contributed by atoms with van der Waals surface area (Å²) in [5.41, 5.74) is 1.31. The van der Waals surface area contributed by atoms with Crippen LogP contribution < -0.4 is 4.90 Å². The molecule has 0 unspecified atom stereocenters. The fourth-order valence-corrected chi connectivity index (χ4v) is 5.48. The third kappa shape index (κ3) is 6.60. The Morgan fingerprint density at radius 2 is 1.79 bits per heavy atom. The number of carbonyl (C=O) groups excluding carboxylic acids is 1. The molecule has 3 rings (SSSR count). The van der Waals surface area contributed by atoms with E-state index in [1.807, 2.05) is 31.7 Å². The van der Waals surface area contributed by atoms with Crippen molar-refractivity contribution in [1.29, 1.82) is 0 Å². The molecule has 180 valence electrons. The topological polar surface area (TPSA) is 79.2 Å². The van der Waals surface area contributed by atoms with Crippen molar-refractivity contribution in [3.8, 4) is 11.8 Å². The first-order valence-electron chi connectivity index (χ1n) is 11.9. The number of carboxylic acids is 1. The Balaban J connectivity index is 1.98. The molecule has 2 aliphatic carbocycles. The van der Waals surface area contributed by atoms with E-state index in [1.54, 1.807) is 7.11 Å². The molecule has 2 saturated carbocycles. The molecule has 6 nitrogen and oxygen atoms in total. The maximum Gasteiger partial charge on any atom is 0.348 e. The van der Waals surface area contributed by atoms with E-state index in [4.69, 9.17) is 4.84 Å². The zero-order valence-electron chi connectivity index (χ0n) is 20.4. The molecule has 1 aromatic rings. The fourth-order valence-electron chi connectivity index (χ4n) is 4.64. The lowest BCUT2D eigenvalue weighted by molar-refractivity contribution is -0.124. The summed E-state index contributed by atoms with van der Waals surface area (Å²) >= 11 is 1.16. The fraction of sp³-hybridized carbons (Fsp3) is 0.654. The number of rotatable bonds is 5. The van der Waals surface area contributed by atoms with Gasteiger partial charge in [-0.1, -0.05) is 23.9 Å². The smallest absolute Gasteiger partial charge is 0.348 e. The molecule has 0 aromatic carbocycles. The summed E-state index contributed by atoms with van der Waals surface area (Å²) in [5.74, 6) is 5.97. The van der Waals surface area contributed by atoms with Gasteiger partial charge in [0.15, 0.2) is 0 Å². The second kappa shape index (κ2) is 10.7. The molecule has 0 spiro atoms. The van der Waals surface area contributed by atoms with Gasteiger partial charge in [0, 0.05) is 17.4 Å². The minimum absolute atomic E-state index is 0.0521. The molecule has 2 fully saturated rings. The minimum Gasteiger partial charge on any atom is -0.477 e. The van der Waals surface area contributed by atoms with Crippen molar-refractivity contribution >= 4 is 34.6 Å². The Labute approximate surface area is 201 Å². The van der Waals surface area contributed by atoms with Crippen molar-refractivity contribution in [2.75, 3.05) is 12.0 Å². The van der Waals surface area contributed by atoms with Gasteiger partial charge in [0.05, 0.1) is 16.3 Å². The molecular weight excluding hydrogens is 436 g/mol. The molecule has 0 saturated heterocycles. The van der Waals surface area contributed by atoms with Crippen LogP contribution >= 0.6 is 11.3 Å². The van der Waals surface area contributed by atoms with Gasteiger partial charge < -0.3 is 14.8 Å². The molecule has 0 aliphatic heterocycles. The molecule has 0 atom stereocenters. The summed E-state index contributed by atoms with van der Waals surface area (Å²) in [6.07, 6.45) is 6.78. The number of carbonyl (C=O) groups is 2. The number of aromatic carboxylic acids is 1. The van der Waals surface area contributed by atoms with Crippen LogP contribution in [0.1, 0.15) is 93.6 Å². The normalized spacial score (nSPS) is 23.3. The van der Waals surface area contributed by atoms with Crippen LogP contribution in [0.5, 0.6) is 0 Å². The van der Waals surface area contributed by atoms with Gasteiger partial charge in [-0.3, -0.25) is 4.79 Å². The summed E-state index contributed by atoms with van der Waals surface area (Å²) in [6, 6.07) is 1.76. The van der Waals surface area contributed by atoms with Crippen LogP contribution in [0, 0.1) is 29.1 Å². The van der Waals surface area contributed by atoms with Crippen molar-refractivity contribution in [3.05, 3.63) is 15.8 Å². The summed E-state index contributed by atoms with van der Waals surface area (Å²) in [4.78, 5) is 33.7. The molecule has 1 N–H and O–H groups in total. The molecule has 1 aromatic heterocycles. The monoisotopic (exact) mass is 472 g/mol. The molecule has 1 amide bonds. The van der Waals surface area contributed by atoms with Crippen molar-refractivity contribution in [1.82, 2.24) is 0 Å². The molecule has 2 aliphatic rings. The molecule has 0 bridgehead atoms. The van der Waals surface area contributed by atoms with E-state index in [2.05, 4.69) is 23.9 Å². The summed E-state index contributed by atoms with van der Waals surface area (Å²) in [6.45, 7) is 8.30. The summed E-state index contributed by atoms with van der Waals surface area (Å²) in [7, 11) is 1.55. The maximum absolute atomic E-state index is 13.9. The first-order valence-corrected chi connectivity index (χ1v) is 12.7. The van der Waals surface area contributed by atoms with Gasteiger partial charge in [-0.2, -0.15) is 0 Å². The lowest BCUT2D eigenvalue weighted by Crippen LogP contribution is -2.46. The number of thiophene rings is 1. The number of anilines is 1. The second-order valence-electron chi connectivity index (χ2n) is 10.4. The molecule has 1 heterocycles. The lowest BCUT2D eigenvalue weighted by Gasteiger charge is -2.38. The van der Waals surface area contributed by atoms with Crippen LogP contribution in [0.15, 0.2) is 11.2 Å². The predicted octanol–water partition coefficient (Wildman–Crippen LogP) is 5.95. The lowest BCUT2D eigenvalue weighted by atomic mass is 9.81. The van der Waals surface area contributed by atoms with Gasteiger partial charge in [0.25, 0.3) is 0 Å². The third-order valence-corrected chi connectivity index (χ3v) is 7.48. The average Bonchev–Trinajstić information content (AvgIpc) is 3.18. The highest BCUT2D eigenvalue weighted by atomic mass is 32.1. The van der Waals surface area contributed by atoms with E-state index in [-0.39, 0.29) is 28.2 Å². The molecule has 33 heavy (non-hydrogen) atoms. The largest absolute Gasteiger partial charge is 0.477 e. The van der Waals surface area contributed by atoms with Gasteiger partial charge in [0.1, 0.15) is 12.0 Å². The number of hydrogen-bond acceptors (Lipinski definition) is 5. The minimum atomic E-state index is -1.01. The number of hydrogen-bond donors (Lipinski definition) is 1. The van der Waals surface area contributed by atoms with Crippen LogP contribution in [0.2, 0.25) is 0 Å². The highest BCUT2D eigenvalue weighted by Crippen LogP contribution is 2.38. The number of carboxylic acid groups (broad SMARTS) is 1. The van der Waals surface area contributed by atoms with Crippen molar-refractivity contribution in [2.24, 2.45) is 22.4 Å². The number of amides is 1. The zero-order chi connectivity index (χ0) is 24.2.